The summed E-state index contributed by atoms with van der Waals surface area (Å²) in [6, 6.07) is 12.0. The molecule has 0 saturated heterocycles. The Morgan fingerprint density at radius 2 is 2.09 bits per heavy atom. The van der Waals surface area contributed by atoms with Crippen LogP contribution < -0.4 is 10.1 Å². The fraction of sp³-hybridized carbons (Fsp3) is 0.118. The van der Waals surface area contributed by atoms with Gasteiger partial charge in [-0.25, -0.2) is 4.39 Å². The zero-order valence-corrected chi connectivity index (χ0v) is 13.8. The number of methoxy groups -OCH3 is 1. The highest BCUT2D eigenvalue weighted by Gasteiger charge is 2.21. The van der Waals surface area contributed by atoms with Crippen molar-refractivity contribution in [1.82, 2.24) is 5.32 Å². The number of carbonyl (C=O) groups is 1. The van der Waals surface area contributed by atoms with Crippen LogP contribution >= 0.6 is 22.9 Å². The highest BCUT2D eigenvalue weighted by Crippen LogP contribution is 2.39. The third kappa shape index (κ3) is 3.16. The van der Waals surface area contributed by atoms with Gasteiger partial charge in [-0.15, -0.1) is 11.3 Å². The molecule has 6 heteroatoms. The third-order valence-electron chi connectivity index (χ3n) is 3.37. The minimum atomic E-state index is -0.399. The van der Waals surface area contributed by atoms with E-state index in [4.69, 9.17) is 16.3 Å². The fourth-order valence-corrected chi connectivity index (χ4v) is 3.65. The first kappa shape index (κ1) is 15.8. The van der Waals surface area contributed by atoms with E-state index in [0.29, 0.717) is 26.5 Å². The van der Waals surface area contributed by atoms with E-state index < -0.39 is 5.82 Å². The quantitative estimate of drug-likeness (QED) is 0.745. The molecule has 1 heterocycles. The number of amides is 1. The number of hydrogen-bond acceptors (Lipinski definition) is 3. The molecule has 0 aliphatic heterocycles. The van der Waals surface area contributed by atoms with Crippen molar-refractivity contribution in [3.05, 3.63) is 63.7 Å². The van der Waals surface area contributed by atoms with Crippen molar-refractivity contribution in [2.75, 3.05) is 7.11 Å². The number of fused-ring (bicyclic) bond motifs is 1. The van der Waals surface area contributed by atoms with E-state index in [1.807, 2.05) is 12.1 Å². The van der Waals surface area contributed by atoms with Gasteiger partial charge < -0.3 is 10.1 Å². The van der Waals surface area contributed by atoms with Crippen LogP contribution in [0.1, 0.15) is 15.2 Å². The number of halogens is 2. The molecule has 1 aromatic heterocycles. The molecule has 118 valence electrons. The lowest BCUT2D eigenvalue weighted by atomic mass is 10.2. The summed E-state index contributed by atoms with van der Waals surface area (Å²) in [5.74, 6) is -0.432. The van der Waals surface area contributed by atoms with Crippen molar-refractivity contribution in [3.8, 4) is 5.75 Å². The van der Waals surface area contributed by atoms with Crippen LogP contribution in [0.15, 0.2) is 42.5 Å². The van der Waals surface area contributed by atoms with Crippen LogP contribution in [0.25, 0.3) is 10.1 Å². The smallest absolute Gasteiger partial charge is 0.265 e. The molecule has 0 radical (unpaired) electrons. The van der Waals surface area contributed by atoms with Crippen molar-refractivity contribution in [2.24, 2.45) is 0 Å². The Balaban J connectivity index is 1.87. The summed E-state index contributed by atoms with van der Waals surface area (Å²) in [6.07, 6.45) is 0. The molecule has 3 aromatic rings. The van der Waals surface area contributed by atoms with Gasteiger partial charge in [0.15, 0.2) is 5.75 Å². The first-order valence-corrected chi connectivity index (χ1v) is 8.07. The van der Waals surface area contributed by atoms with Crippen LogP contribution in [0.4, 0.5) is 4.39 Å². The summed E-state index contributed by atoms with van der Waals surface area (Å²) in [7, 11) is 1.43. The number of benzene rings is 2. The number of rotatable bonds is 4. The van der Waals surface area contributed by atoms with Gasteiger partial charge in [0.2, 0.25) is 0 Å². The van der Waals surface area contributed by atoms with E-state index in [2.05, 4.69) is 5.32 Å². The van der Waals surface area contributed by atoms with E-state index in [1.54, 1.807) is 24.3 Å². The molecule has 0 atom stereocenters. The molecule has 0 spiro atoms. The number of carbonyl (C=O) groups excluding carboxylic acids is 1. The Hall–Kier alpha value is -2.11. The summed E-state index contributed by atoms with van der Waals surface area (Å²) >= 11 is 7.13. The van der Waals surface area contributed by atoms with Gasteiger partial charge >= 0.3 is 0 Å². The zero-order chi connectivity index (χ0) is 16.4. The van der Waals surface area contributed by atoms with Crippen molar-refractivity contribution in [1.29, 1.82) is 0 Å². The minimum Gasteiger partial charge on any atom is -0.494 e. The molecule has 0 saturated carbocycles. The van der Waals surface area contributed by atoms with Gasteiger partial charge in [0, 0.05) is 16.3 Å². The molecule has 2 aromatic carbocycles. The molecular formula is C17H13ClFNO2S. The third-order valence-corrected chi connectivity index (χ3v) is 4.74. The van der Waals surface area contributed by atoms with Gasteiger partial charge in [-0.2, -0.15) is 0 Å². The number of thiophene rings is 1. The molecule has 23 heavy (non-hydrogen) atoms. The first-order chi connectivity index (χ1) is 11.1. The maximum absolute atomic E-state index is 14.0. The number of nitrogens with one attached hydrogen (secondary N) is 1. The molecule has 0 aliphatic rings. The Bertz CT molecular complexity index is 878. The molecular weight excluding hydrogens is 337 g/mol. The van der Waals surface area contributed by atoms with E-state index in [-0.39, 0.29) is 11.7 Å². The molecule has 0 bridgehead atoms. The second-order valence-electron chi connectivity index (χ2n) is 4.89. The van der Waals surface area contributed by atoms with Crippen LogP contribution in [-0.4, -0.2) is 13.0 Å². The molecule has 0 unspecified atom stereocenters. The lowest BCUT2D eigenvalue weighted by Gasteiger charge is -2.06. The largest absolute Gasteiger partial charge is 0.494 e. The van der Waals surface area contributed by atoms with E-state index >= 15 is 0 Å². The first-order valence-electron chi connectivity index (χ1n) is 6.88. The number of hydrogen-bond donors (Lipinski definition) is 1. The SMILES string of the molecule is COc1c(C(=O)NCc2cccc(Cl)c2)sc2cccc(F)c12. The van der Waals surface area contributed by atoms with Crippen molar-refractivity contribution in [2.45, 2.75) is 6.54 Å². The topological polar surface area (TPSA) is 38.3 Å². The second-order valence-corrected chi connectivity index (χ2v) is 6.38. The fourth-order valence-electron chi connectivity index (χ4n) is 2.33. The van der Waals surface area contributed by atoms with Crippen molar-refractivity contribution >= 4 is 38.9 Å². The summed E-state index contributed by atoms with van der Waals surface area (Å²) in [5, 5.41) is 3.76. The van der Waals surface area contributed by atoms with Gasteiger partial charge in [-0.3, -0.25) is 4.79 Å². The highest BCUT2D eigenvalue weighted by molar-refractivity contribution is 7.21. The Morgan fingerprint density at radius 3 is 2.83 bits per heavy atom. The molecule has 3 rings (SSSR count). The molecule has 1 amide bonds. The Morgan fingerprint density at radius 1 is 1.30 bits per heavy atom. The average molecular weight is 350 g/mol. The van der Waals surface area contributed by atoms with Gasteiger partial charge in [-0.1, -0.05) is 29.8 Å². The second kappa shape index (κ2) is 6.56. The summed E-state index contributed by atoms with van der Waals surface area (Å²) < 4.78 is 19.9. The van der Waals surface area contributed by atoms with E-state index in [0.717, 1.165) is 5.56 Å². The van der Waals surface area contributed by atoms with Gasteiger partial charge in [-0.05, 0) is 29.8 Å². The predicted molar refractivity (Wildman–Crippen MR) is 91.0 cm³/mol. The minimum absolute atomic E-state index is 0.270. The average Bonchev–Trinajstić information content (AvgIpc) is 2.93. The molecule has 3 nitrogen and oxygen atoms in total. The Labute approximate surface area is 141 Å². The predicted octanol–water partition coefficient (Wildman–Crippen LogP) is 4.63. The lowest BCUT2D eigenvalue weighted by Crippen LogP contribution is -2.22. The summed E-state index contributed by atoms with van der Waals surface area (Å²) in [4.78, 5) is 12.8. The van der Waals surface area contributed by atoms with Crippen LogP contribution in [-0.2, 0) is 6.54 Å². The van der Waals surface area contributed by atoms with Crippen molar-refractivity contribution < 1.29 is 13.9 Å². The van der Waals surface area contributed by atoms with Crippen LogP contribution in [0.2, 0.25) is 5.02 Å². The maximum atomic E-state index is 14.0. The van der Waals surface area contributed by atoms with Crippen molar-refractivity contribution in [3.63, 3.8) is 0 Å². The van der Waals surface area contributed by atoms with Crippen LogP contribution in [0.5, 0.6) is 5.75 Å². The normalized spacial score (nSPS) is 10.7. The molecule has 0 aliphatic carbocycles. The van der Waals surface area contributed by atoms with Gasteiger partial charge in [0.1, 0.15) is 10.7 Å². The Kier molecular flexibility index (Phi) is 4.50. The highest BCUT2D eigenvalue weighted by atomic mass is 35.5. The maximum Gasteiger partial charge on any atom is 0.265 e. The zero-order valence-electron chi connectivity index (χ0n) is 12.2. The lowest BCUT2D eigenvalue weighted by molar-refractivity contribution is 0.0952. The molecule has 0 fully saturated rings. The van der Waals surface area contributed by atoms with Gasteiger partial charge in [0.25, 0.3) is 5.91 Å². The monoisotopic (exact) mass is 349 g/mol. The number of ether oxygens (including phenoxy) is 1. The molecule has 1 N–H and O–H groups in total. The van der Waals surface area contributed by atoms with Crippen LogP contribution in [0.3, 0.4) is 0 Å². The standard InChI is InChI=1S/C17H13ClFNO2S/c1-22-15-14-12(19)6-3-7-13(14)23-16(15)17(21)20-9-10-4-2-5-11(18)8-10/h2-8H,9H2,1H3,(H,20,21). The summed E-state index contributed by atoms with van der Waals surface area (Å²) in [5.41, 5.74) is 0.886. The van der Waals surface area contributed by atoms with Crippen LogP contribution in [0, 0.1) is 5.82 Å². The van der Waals surface area contributed by atoms with E-state index in [9.17, 15) is 9.18 Å². The van der Waals surface area contributed by atoms with E-state index in [1.165, 1.54) is 24.5 Å². The summed E-state index contributed by atoms with van der Waals surface area (Å²) in [6.45, 7) is 0.333. The van der Waals surface area contributed by atoms with Gasteiger partial charge in [0.05, 0.1) is 12.5 Å².